The van der Waals surface area contributed by atoms with Crippen molar-refractivity contribution < 1.29 is 9.53 Å². The molecular weight excluding hydrogens is 240 g/mol. The van der Waals surface area contributed by atoms with E-state index in [2.05, 4.69) is 17.3 Å². The molecule has 1 heterocycles. The number of hydrogen-bond donors (Lipinski definition) is 1. The second kappa shape index (κ2) is 6.57. The highest BCUT2D eigenvalue weighted by atomic mass is 16.5. The number of ether oxygens (including phenoxy) is 1. The van der Waals surface area contributed by atoms with E-state index in [0.29, 0.717) is 6.61 Å². The third kappa shape index (κ3) is 3.96. The maximum absolute atomic E-state index is 12.2. The summed E-state index contributed by atoms with van der Waals surface area (Å²) in [6.07, 6.45) is 2.07. The number of nitrogens with zero attached hydrogens (tertiary/aromatic N) is 1. The molecule has 0 unspecified atom stereocenters. The van der Waals surface area contributed by atoms with E-state index in [9.17, 15) is 4.79 Å². The lowest BCUT2D eigenvalue weighted by Gasteiger charge is -2.28. The number of anilines is 1. The van der Waals surface area contributed by atoms with Gasteiger partial charge in [0.05, 0.1) is 12.5 Å². The summed E-state index contributed by atoms with van der Waals surface area (Å²) in [5.74, 6) is 1.05. The highest BCUT2D eigenvalue weighted by Crippen LogP contribution is 2.19. The van der Waals surface area contributed by atoms with E-state index in [1.807, 2.05) is 31.2 Å². The minimum absolute atomic E-state index is 0.102. The van der Waals surface area contributed by atoms with Crippen LogP contribution in [0, 0.1) is 5.92 Å². The van der Waals surface area contributed by atoms with E-state index in [4.69, 9.17) is 4.74 Å². The van der Waals surface area contributed by atoms with E-state index < -0.39 is 0 Å². The first-order chi connectivity index (χ1) is 9.19. The van der Waals surface area contributed by atoms with Crippen molar-refractivity contribution in [3.63, 3.8) is 0 Å². The minimum atomic E-state index is 0.102. The highest BCUT2D eigenvalue weighted by molar-refractivity contribution is 5.92. The molecule has 1 aliphatic heterocycles. The van der Waals surface area contributed by atoms with Crippen molar-refractivity contribution >= 4 is 11.6 Å². The van der Waals surface area contributed by atoms with Crippen molar-refractivity contribution in [3.05, 3.63) is 24.3 Å². The predicted molar refractivity (Wildman–Crippen MR) is 76.5 cm³/mol. The summed E-state index contributed by atoms with van der Waals surface area (Å²) in [5, 5.41) is 2.98. The summed E-state index contributed by atoms with van der Waals surface area (Å²) in [6, 6.07) is 7.53. The van der Waals surface area contributed by atoms with E-state index >= 15 is 0 Å². The summed E-state index contributed by atoms with van der Waals surface area (Å²) < 4.78 is 5.38. The van der Waals surface area contributed by atoms with Crippen LogP contribution in [0.1, 0.15) is 19.8 Å². The maximum Gasteiger partial charge on any atom is 0.228 e. The van der Waals surface area contributed by atoms with Crippen LogP contribution in [0.3, 0.4) is 0 Å². The fourth-order valence-corrected chi connectivity index (χ4v) is 2.43. The Morgan fingerprint density at radius 3 is 2.79 bits per heavy atom. The van der Waals surface area contributed by atoms with E-state index in [1.165, 1.54) is 0 Å². The zero-order valence-corrected chi connectivity index (χ0v) is 11.7. The lowest BCUT2D eigenvalue weighted by atomic mass is 9.97. The molecule has 1 fully saturated rings. The zero-order valence-electron chi connectivity index (χ0n) is 11.7. The van der Waals surface area contributed by atoms with Crippen LogP contribution in [-0.2, 0) is 4.79 Å². The van der Waals surface area contributed by atoms with Gasteiger partial charge in [-0.3, -0.25) is 4.79 Å². The van der Waals surface area contributed by atoms with Crippen molar-refractivity contribution in [1.29, 1.82) is 0 Å². The summed E-state index contributed by atoms with van der Waals surface area (Å²) >= 11 is 0. The third-order valence-electron chi connectivity index (χ3n) is 3.43. The first-order valence-corrected chi connectivity index (χ1v) is 6.91. The van der Waals surface area contributed by atoms with Gasteiger partial charge in [-0.2, -0.15) is 0 Å². The van der Waals surface area contributed by atoms with Crippen LogP contribution >= 0.6 is 0 Å². The fourth-order valence-electron chi connectivity index (χ4n) is 2.43. The average Bonchev–Trinajstić information content (AvgIpc) is 2.41. The highest BCUT2D eigenvalue weighted by Gasteiger charge is 2.23. The number of hydrogen-bond acceptors (Lipinski definition) is 3. The van der Waals surface area contributed by atoms with E-state index in [1.54, 1.807) is 0 Å². The monoisotopic (exact) mass is 262 g/mol. The van der Waals surface area contributed by atoms with Crippen LogP contribution in [0.4, 0.5) is 5.69 Å². The molecule has 1 aliphatic rings. The summed E-state index contributed by atoms with van der Waals surface area (Å²) in [5.41, 5.74) is 0.835. The molecule has 1 aromatic rings. The molecule has 2 rings (SSSR count). The van der Waals surface area contributed by atoms with Crippen molar-refractivity contribution in [2.75, 3.05) is 32.1 Å². The first kappa shape index (κ1) is 13.9. The molecule has 0 radical (unpaired) electrons. The standard InChI is InChI=1S/C15H22N2O2/c1-3-19-14-8-6-13(7-9-14)16-15(18)12-5-4-10-17(2)11-12/h6-9,12H,3-5,10-11H2,1-2H3,(H,16,18)/t12-/m1/s1. The first-order valence-electron chi connectivity index (χ1n) is 6.91. The number of nitrogens with one attached hydrogen (secondary N) is 1. The van der Waals surface area contributed by atoms with Crippen molar-refractivity contribution in [3.8, 4) is 5.75 Å². The van der Waals surface area contributed by atoms with Gasteiger partial charge in [-0.25, -0.2) is 0 Å². The van der Waals surface area contributed by atoms with Gasteiger partial charge in [0.15, 0.2) is 0 Å². The van der Waals surface area contributed by atoms with Crippen LogP contribution < -0.4 is 10.1 Å². The number of amides is 1. The Morgan fingerprint density at radius 1 is 1.42 bits per heavy atom. The van der Waals surface area contributed by atoms with Crippen molar-refractivity contribution in [1.82, 2.24) is 4.90 Å². The maximum atomic E-state index is 12.2. The number of piperidine rings is 1. The van der Waals surface area contributed by atoms with E-state index in [-0.39, 0.29) is 11.8 Å². The van der Waals surface area contributed by atoms with Crippen LogP contribution in [-0.4, -0.2) is 37.6 Å². The molecule has 0 aromatic heterocycles. The SMILES string of the molecule is CCOc1ccc(NC(=O)[C@@H]2CCCN(C)C2)cc1. The summed E-state index contributed by atoms with van der Waals surface area (Å²) in [6.45, 7) is 4.55. The Balaban J connectivity index is 1.90. The zero-order chi connectivity index (χ0) is 13.7. The van der Waals surface area contributed by atoms with Crippen LogP contribution in [0.2, 0.25) is 0 Å². The number of benzene rings is 1. The van der Waals surface area contributed by atoms with Gasteiger partial charge in [0.1, 0.15) is 5.75 Å². The smallest absolute Gasteiger partial charge is 0.228 e. The Bertz CT molecular complexity index is 417. The van der Waals surface area contributed by atoms with Crippen molar-refractivity contribution in [2.45, 2.75) is 19.8 Å². The van der Waals surface area contributed by atoms with Gasteiger partial charge in [0.2, 0.25) is 5.91 Å². The second-order valence-corrected chi connectivity index (χ2v) is 5.05. The summed E-state index contributed by atoms with van der Waals surface area (Å²) in [4.78, 5) is 14.4. The Hall–Kier alpha value is -1.55. The molecule has 0 bridgehead atoms. The van der Waals surface area contributed by atoms with Crippen LogP contribution in [0.15, 0.2) is 24.3 Å². The molecule has 1 amide bonds. The third-order valence-corrected chi connectivity index (χ3v) is 3.43. The van der Waals surface area contributed by atoms with Gasteiger partial charge in [-0.05, 0) is 57.6 Å². The molecule has 19 heavy (non-hydrogen) atoms. The van der Waals surface area contributed by atoms with Gasteiger partial charge in [-0.1, -0.05) is 0 Å². The number of carbonyl (C=O) groups excluding carboxylic acids is 1. The van der Waals surface area contributed by atoms with Gasteiger partial charge >= 0.3 is 0 Å². The molecule has 4 nitrogen and oxygen atoms in total. The molecule has 0 aliphatic carbocycles. The number of carbonyl (C=O) groups is 1. The van der Waals surface area contributed by atoms with Gasteiger partial charge < -0.3 is 15.0 Å². The lowest BCUT2D eigenvalue weighted by Crippen LogP contribution is -2.38. The molecule has 1 N–H and O–H groups in total. The number of rotatable bonds is 4. The summed E-state index contributed by atoms with van der Waals surface area (Å²) in [7, 11) is 2.07. The molecule has 1 aromatic carbocycles. The average molecular weight is 262 g/mol. The molecule has 104 valence electrons. The van der Waals surface area contributed by atoms with Gasteiger partial charge in [-0.15, -0.1) is 0 Å². The molecule has 0 saturated carbocycles. The number of likely N-dealkylation sites (tertiary alicyclic amines) is 1. The van der Waals surface area contributed by atoms with Crippen molar-refractivity contribution in [2.24, 2.45) is 5.92 Å². The molecule has 0 spiro atoms. The largest absolute Gasteiger partial charge is 0.494 e. The molecule has 4 heteroatoms. The Kier molecular flexibility index (Phi) is 4.80. The quantitative estimate of drug-likeness (QED) is 0.905. The minimum Gasteiger partial charge on any atom is -0.494 e. The van der Waals surface area contributed by atoms with Gasteiger partial charge in [0, 0.05) is 12.2 Å². The lowest BCUT2D eigenvalue weighted by molar-refractivity contribution is -0.121. The topological polar surface area (TPSA) is 41.6 Å². The molecule has 1 atom stereocenters. The fraction of sp³-hybridized carbons (Fsp3) is 0.533. The normalized spacial score (nSPS) is 20.0. The molecule has 1 saturated heterocycles. The van der Waals surface area contributed by atoms with Crippen LogP contribution in [0.25, 0.3) is 0 Å². The molecular formula is C15H22N2O2. The Labute approximate surface area is 114 Å². The van der Waals surface area contributed by atoms with Crippen LogP contribution in [0.5, 0.6) is 5.75 Å². The van der Waals surface area contributed by atoms with Gasteiger partial charge in [0.25, 0.3) is 0 Å². The van der Waals surface area contributed by atoms with E-state index in [0.717, 1.165) is 37.4 Å². The Morgan fingerprint density at radius 2 is 2.16 bits per heavy atom. The predicted octanol–water partition coefficient (Wildman–Crippen LogP) is 2.37. The second-order valence-electron chi connectivity index (χ2n) is 5.05.